The summed E-state index contributed by atoms with van der Waals surface area (Å²) in [5, 5.41) is 0. The van der Waals surface area contributed by atoms with E-state index in [0.717, 1.165) is 16.7 Å². The quantitative estimate of drug-likeness (QED) is 0.676. The standard InChI is InChI=1S/C14H18O4.C2H5NO/c1-9-7-12(18-11(3)15)8-10(2)13(9)5-6-14(16)17-4;1-2(3)4/h7-8H,5-6H2,1-4H3;1H3,(H2,3,4). The van der Waals surface area contributed by atoms with E-state index in [-0.39, 0.29) is 17.8 Å². The van der Waals surface area contributed by atoms with Crippen LogP contribution in [0.1, 0.15) is 37.0 Å². The van der Waals surface area contributed by atoms with Crippen LogP contribution in [0.2, 0.25) is 0 Å². The number of nitrogens with two attached hydrogens (primary N) is 1. The van der Waals surface area contributed by atoms with Crippen LogP contribution in [0.15, 0.2) is 12.1 Å². The van der Waals surface area contributed by atoms with E-state index < -0.39 is 0 Å². The molecule has 0 aliphatic rings. The number of benzene rings is 1. The number of ether oxygens (including phenoxy) is 2. The van der Waals surface area contributed by atoms with E-state index in [1.807, 2.05) is 13.8 Å². The minimum Gasteiger partial charge on any atom is -0.469 e. The smallest absolute Gasteiger partial charge is 0.308 e. The Labute approximate surface area is 130 Å². The summed E-state index contributed by atoms with van der Waals surface area (Å²) < 4.78 is 9.67. The van der Waals surface area contributed by atoms with Gasteiger partial charge in [-0.25, -0.2) is 0 Å². The molecule has 2 N–H and O–H groups in total. The van der Waals surface area contributed by atoms with E-state index >= 15 is 0 Å². The van der Waals surface area contributed by atoms with Gasteiger partial charge in [-0.15, -0.1) is 0 Å². The van der Waals surface area contributed by atoms with Crippen LogP contribution < -0.4 is 10.5 Å². The van der Waals surface area contributed by atoms with Gasteiger partial charge in [-0.1, -0.05) is 0 Å². The first kappa shape index (κ1) is 19.6. The first-order valence-corrected chi connectivity index (χ1v) is 6.78. The Morgan fingerprint density at radius 2 is 1.55 bits per heavy atom. The van der Waals surface area contributed by atoms with Gasteiger partial charge in [0.2, 0.25) is 5.91 Å². The second-order valence-corrected chi connectivity index (χ2v) is 4.82. The Hall–Kier alpha value is -2.37. The van der Waals surface area contributed by atoms with Gasteiger partial charge in [-0.05, 0) is 49.1 Å². The van der Waals surface area contributed by atoms with Crippen LogP contribution in [0.4, 0.5) is 0 Å². The molecule has 6 nitrogen and oxygen atoms in total. The molecule has 0 heterocycles. The Bertz CT molecular complexity index is 524. The van der Waals surface area contributed by atoms with Gasteiger partial charge in [0.25, 0.3) is 0 Å². The molecule has 0 aliphatic heterocycles. The predicted octanol–water partition coefficient (Wildman–Crippen LogP) is 1.83. The van der Waals surface area contributed by atoms with E-state index in [1.54, 1.807) is 12.1 Å². The highest BCUT2D eigenvalue weighted by molar-refractivity contribution is 5.71. The zero-order chi connectivity index (χ0) is 17.3. The number of rotatable bonds is 4. The number of hydrogen-bond donors (Lipinski definition) is 1. The molecular weight excluding hydrogens is 286 g/mol. The van der Waals surface area contributed by atoms with E-state index in [4.69, 9.17) is 4.74 Å². The number of aryl methyl sites for hydroxylation is 2. The van der Waals surface area contributed by atoms with Crippen molar-refractivity contribution in [1.29, 1.82) is 0 Å². The number of primary amides is 1. The van der Waals surface area contributed by atoms with Gasteiger partial charge in [0, 0.05) is 20.3 Å². The molecule has 0 radical (unpaired) electrons. The van der Waals surface area contributed by atoms with Gasteiger partial charge < -0.3 is 15.2 Å². The minimum absolute atomic E-state index is 0.224. The van der Waals surface area contributed by atoms with Crippen molar-refractivity contribution in [3.05, 3.63) is 28.8 Å². The van der Waals surface area contributed by atoms with Crippen LogP contribution in [-0.4, -0.2) is 25.0 Å². The van der Waals surface area contributed by atoms with E-state index in [0.29, 0.717) is 18.6 Å². The van der Waals surface area contributed by atoms with Crippen molar-refractivity contribution in [3.63, 3.8) is 0 Å². The molecular formula is C16H23NO5. The van der Waals surface area contributed by atoms with Crippen molar-refractivity contribution in [1.82, 2.24) is 0 Å². The molecule has 122 valence electrons. The SMILES string of the molecule is CC(N)=O.COC(=O)CCc1c(C)cc(OC(C)=O)cc1C. The Morgan fingerprint density at radius 3 is 1.91 bits per heavy atom. The number of methoxy groups -OCH3 is 1. The number of esters is 2. The van der Waals surface area contributed by atoms with Crippen molar-refractivity contribution in [3.8, 4) is 5.75 Å². The van der Waals surface area contributed by atoms with Crippen LogP contribution in [0.25, 0.3) is 0 Å². The lowest BCUT2D eigenvalue weighted by Gasteiger charge is -2.11. The largest absolute Gasteiger partial charge is 0.469 e. The van der Waals surface area contributed by atoms with Crippen molar-refractivity contribution in [2.45, 2.75) is 40.5 Å². The maximum atomic E-state index is 11.1. The maximum Gasteiger partial charge on any atom is 0.308 e. The average Bonchev–Trinajstić information content (AvgIpc) is 2.35. The van der Waals surface area contributed by atoms with Gasteiger partial charge >= 0.3 is 11.9 Å². The second kappa shape index (κ2) is 9.55. The fraction of sp³-hybridized carbons (Fsp3) is 0.438. The molecule has 0 spiro atoms. The molecule has 0 aromatic heterocycles. The highest BCUT2D eigenvalue weighted by Gasteiger charge is 2.09. The molecule has 1 aromatic carbocycles. The minimum atomic E-state index is -0.337. The molecule has 1 aromatic rings. The van der Waals surface area contributed by atoms with E-state index in [1.165, 1.54) is 21.0 Å². The van der Waals surface area contributed by atoms with Gasteiger partial charge in [0.05, 0.1) is 7.11 Å². The lowest BCUT2D eigenvalue weighted by atomic mass is 9.98. The van der Waals surface area contributed by atoms with Crippen molar-refractivity contribution in [2.75, 3.05) is 7.11 Å². The molecule has 0 saturated heterocycles. The third-order valence-electron chi connectivity index (χ3n) is 2.74. The maximum absolute atomic E-state index is 11.1. The number of amides is 1. The summed E-state index contributed by atoms with van der Waals surface area (Å²) >= 11 is 0. The molecule has 1 amide bonds. The highest BCUT2D eigenvalue weighted by Crippen LogP contribution is 2.23. The molecule has 0 bridgehead atoms. The van der Waals surface area contributed by atoms with E-state index in [9.17, 15) is 14.4 Å². The Balaban J connectivity index is 0.000000980. The molecule has 0 fully saturated rings. The predicted molar refractivity (Wildman–Crippen MR) is 82.4 cm³/mol. The summed E-state index contributed by atoms with van der Waals surface area (Å²) in [4.78, 5) is 31.2. The highest BCUT2D eigenvalue weighted by atomic mass is 16.5. The fourth-order valence-corrected chi connectivity index (χ4v) is 1.90. The molecule has 0 atom stereocenters. The summed E-state index contributed by atoms with van der Waals surface area (Å²) in [6.07, 6.45) is 0.982. The lowest BCUT2D eigenvalue weighted by molar-refractivity contribution is -0.140. The van der Waals surface area contributed by atoms with Crippen molar-refractivity contribution < 1.29 is 23.9 Å². The van der Waals surface area contributed by atoms with Gasteiger partial charge in [0.15, 0.2) is 0 Å². The van der Waals surface area contributed by atoms with Gasteiger partial charge in [-0.3, -0.25) is 14.4 Å². The molecule has 0 saturated carbocycles. The normalized spacial score (nSPS) is 9.32. The fourth-order valence-electron chi connectivity index (χ4n) is 1.90. The monoisotopic (exact) mass is 309 g/mol. The molecule has 22 heavy (non-hydrogen) atoms. The van der Waals surface area contributed by atoms with Crippen LogP contribution in [0.3, 0.4) is 0 Å². The topological polar surface area (TPSA) is 95.7 Å². The average molecular weight is 309 g/mol. The second-order valence-electron chi connectivity index (χ2n) is 4.82. The third kappa shape index (κ3) is 8.04. The summed E-state index contributed by atoms with van der Waals surface area (Å²) in [7, 11) is 1.38. The summed E-state index contributed by atoms with van der Waals surface area (Å²) in [6.45, 7) is 6.55. The van der Waals surface area contributed by atoms with Crippen molar-refractivity contribution in [2.24, 2.45) is 5.73 Å². The first-order chi connectivity index (χ1) is 10.2. The number of carbonyl (C=O) groups excluding carboxylic acids is 3. The molecule has 0 unspecified atom stereocenters. The Kier molecular flexibility index (Phi) is 8.52. The van der Waals surface area contributed by atoms with Crippen molar-refractivity contribution >= 4 is 17.8 Å². The first-order valence-electron chi connectivity index (χ1n) is 6.78. The summed E-state index contributed by atoms with van der Waals surface area (Å²) in [5.74, 6) is -0.353. The summed E-state index contributed by atoms with van der Waals surface area (Å²) in [5.41, 5.74) is 7.58. The number of hydrogen-bond acceptors (Lipinski definition) is 5. The van der Waals surface area contributed by atoms with Gasteiger partial charge in [0.1, 0.15) is 5.75 Å². The van der Waals surface area contributed by atoms with Crippen LogP contribution in [0, 0.1) is 13.8 Å². The van der Waals surface area contributed by atoms with Crippen LogP contribution in [0.5, 0.6) is 5.75 Å². The van der Waals surface area contributed by atoms with Crippen LogP contribution in [-0.2, 0) is 25.5 Å². The number of carbonyl (C=O) groups is 3. The zero-order valence-corrected chi connectivity index (χ0v) is 13.7. The summed E-state index contributed by atoms with van der Waals surface area (Å²) in [6, 6.07) is 3.61. The molecule has 6 heteroatoms. The third-order valence-corrected chi connectivity index (χ3v) is 2.74. The molecule has 0 aliphatic carbocycles. The Morgan fingerprint density at radius 1 is 1.09 bits per heavy atom. The van der Waals surface area contributed by atoms with Gasteiger partial charge in [-0.2, -0.15) is 0 Å². The van der Waals surface area contributed by atoms with Crippen LogP contribution >= 0.6 is 0 Å². The lowest BCUT2D eigenvalue weighted by Crippen LogP contribution is -2.06. The molecule has 1 rings (SSSR count). The van der Waals surface area contributed by atoms with E-state index in [2.05, 4.69) is 10.5 Å². The zero-order valence-electron chi connectivity index (χ0n) is 13.7.